The summed E-state index contributed by atoms with van der Waals surface area (Å²) in [6, 6.07) is 8.91. The molecule has 0 saturated carbocycles. The molecule has 3 rings (SSSR count). The predicted octanol–water partition coefficient (Wildman–Crippen LogP) is 2.76. The molecule has 0 unspecified atom stereocenters. The Morgan fingerprint density at radius 3 is 2.36 bits per heavy atom. The molecule has 1 aliphatic rings. The maximum Gasteiger partial charge on any atom is 0.272 e. The molecular weight excluding hydrogens is 338 g/mol. The summed E-state index contributed by atoms with van der Waals surface area (Å²) >= 11 is 0. The maximum atomic E-state index is 12.8. The van der Waals surface area contributed by atoms with Gasteiger partial charge in [0.15, 0.2) is 0 Å². The highest BCUT2D eigenvalue weighted by molar-refractivity contribution is 7.89. The molecule has 25 heavy (non-hydrogen) atoms. The molecule has 0 aliphatic carbocycles. The van der Waals surface area contributed by atoms with Crippen LogP contribution in [0.25, 0.3) is 0 Å². The minimum atomic E-state index is -3.54. The fourth-order valence-corrected chi connectivity index (χ4v) is 4.58. The molecule has 7 heteroatoms. The first-order chi connectivity index (χ1) is 11.9. The number of hydrogen-bond acceptors (Lipinski definition) is 3. The van der Waals surface area contributed by atoms with Crippen LogP contribution in [0.2, 0.25) is 0 Å². The van der Waals surface area contributed by atoms with Crippen LogP contribution < -0.4 is 5.32 Å². The number of aromatic nitrogens is 1. The van der Waals surface area contributed by atoms with Crippen LogP contribution in [0.4, 0.5) is 5.69 Å². The highest BCUT2D eigenvalue weighted by Crippen LogP contribution is 2.22. The van der Waals surface area contributed by atoms with Crippen molar-refractivity contribution < 1.29 is 13.2 Å². The van der Waals surface area contributed by atoms with E-state index in [4.69, 9.17) is 0 Å². The van der Waals surface area contributed by atoms with Crippen molar-refractivity contribution in [3.05, 3.63) is 47.8 Å². The number of aryl methyl sites for hydroxylation is 2. The molecule has 0 bridgehead atoms. The number of benzene rings is 1. The highest BCUT2D eigenvalue weighted by atomic mass is 32.2. The van der Waals surface area contributed by atoms with Gasteiger partial charge in [-0.3, -0.25) is 4.79 Å². The zero-order valence-corrected chi connectivity index (χ0v) is 15.3. The number of carbonyl (C=O) groups excluding carboxylic acids is 1. The Balaban J connectivity index is 1.81. The summed E-state index contributed by atoms with van der Waals surface area (Å²) in [5.41, 5.74) is 2.10. The van der Waals surface area contributed by atoms with Crippen molar-refractivity contribution in [3.8, 4) is 0 Å². The van der Waals surface area contributed by atoms with Gasteiger partial charge in [0.25, 0.3) is 5.91 Å². The second-order valence-electron chi connectivity index (χ2n) is 6.46. The van der Waals surface area contributed by atoms with Gasteiger partial charge in [0.1, 0.15) is 10.6 Å². The van der Waals surface area contributed by atoms with Gasteiger partial charge < -0.3 is 9.88 Å². The largest absolute Gasteiger partial charge is 0.345 e. The molecule has 1 fully saturated rings. The maximum absolute atomic E-state index is 12.8. The Kier molecular flexibility index (Phi) is 4.96. The van der Waals surface area contributed by atoms with Gasteiger partial charge in [-0.2, -0.15) is 4.31 Å². The lowest BCUT2D eigenvalue weighted by Gasteiger charge is -2.25. The number of sulfonamides is 1. The molecule has 6 nitrogen and oxygen atoms in total. The van der Waals surface area contributed by atoms with Crippen molar-refractivity contribution >= 4 is 21.6 Å². The van der Waals surface area contributed by atoms with E-state index in [0.29, 0.717) is 24.5 Å². The summed E-state index contributed by atoms with van der Waals surface area (Å²) in [5.74, 6) is -0.327. The summed E-state index contributed by atoms with van der Waals surface area (Å²) in [6.07, 6.45) is 4.33. The van der Waals surface area contributed by atoms with Crippen molar-refractivity contribution in [2.75, 3.05) is 18.4 Å². The van der Waals surface area contributed by atoms with Gasteiger partial charge in [-0.05, 0) is 38.0 Å². The van der Waals surface area contributed by atoms with Crippen LogP contribution >= 0.6 is 0 Å². The summed E-state index contributed by atoms with van der Waals surface area (Å²) in [7, 11) is -1.86. The first kappa shape index (κ1) is 17.7. The smallest absolute Gasteiger partial charge is 0.272 e. The van der Waals surface area contributed by atoms with Crippen LogP contribution in [0.5, 0.6) is 0 Å². The molecule has 1 aliphatic heterocycles. The fraction of sp³-hybridized carbons (Fsp3) is 0.389. The van der Waals surface area contributed by atoms with Crippen LogP contribution in [-0.2, 0) is 17.1 Å². The van der Waals surface area contributed by atoms with Crippen LogP contribution in [0, 0.1) is 6.92 Å². The number of carbonyl (C=O) groups is 1. The van der Waals surface area contributed by atoms with E-state index >= 15 is 0 Å². The molecule has 1 N–H and O–H groups in total. The second kappa shape index (κ2) is 7.01. The van der Waals surface area contributed by atoms with E-state index in [0.717, 1.165) is 24.8 Å². The van der Waals surface area contributed by atoms with Crippen molar-refractivity contribution in [1.29, 1.82) is 0 Å². The van der Waals surface area contributed by atoms with E-state index in [1.54, 1.807) is 11.6 Å². The van der Waals surface area contributed by atoms with Crippen LogP contribution in [0.3, 0.4) is 0 Å². The van der Waals surface area contributed by atoms with E-state index < -0.39 is 10.0 Å². The van der Waals surface area contributed by atoms with Gasteiger partial charge in [0, 0.05) is 32.0 Å². The Bertz CT molecular complexity index is 863. The van der Waals surface area contributed by atoms with E-state index in [-0.39, 0.29) is 10.8 Å². The molecule has 1 aromatic carbocycles. The summed E-state index contributed by atoms with van der Waals surface area (Å²) in [4.78, 5) is 12.7. The van der Waals surface area contributed by atoms with Gasteiger partial charge in [-0.25, -0.2) is 8.42 Å². The quantitative estimate of drug-likeness (QED) is 0.910. The SMILES string of the molecule is Cc1ccc(NC(=O)c2cc(S(=O)(=O)N3CCCCC3)cn2C)cc1. The average Bonchev–Trinajstić information content (AvgIpc) is 3.00. The van der Waals surface area contributed by atoms with Gasteiger partial charge >= 0.3 is 0 Å². The zero-order valence-electron chi connectivity index (χ0n) is 14.5. The first-order valence-electron chi connectivity index (χ1n) is 8.42. The van der Waals surface area contributed by atoms with E-state index in [2.05, 4.69) is 5.32 Å². The lowest BCUT2D eigenvalue weighted by atomic mass is 10.2. The minimum Gasteiger partial charge on any atom is -0.345 e. The third kappa shape index (κ3) is 3.77. The molecular formula is C18H23N3O3S. The van der Waals surface area contributed by atoms with Crippen molar-refractivity contribution in [3.63, 3.8) is 0 Å². The topological polar surface area (TPSA) is 71.4 Å². The van der Waals surface area contributed by atoms with E-state index in [9.17, 15) is 13.2 Å². The summed E-state index contributed by atoms with van der Waals surface area (Å²) in [5, 5.41) is 2.80. The Morgan fingerprint density at radius 1 is 1.08 bits per heavy atom. The number of nitrogens with zero attached hydrogens (tertiary/aromatic N) is 2. The fourth-order valence-electron chi connectivity index (χ4n) is 2.99. The van der Waals surface area contributed by atoms with Crippen LogP contribution in [0.15, 0.2) is 41.4 Å². The van der Waals surface area contributed by atoms with Gasteiger partial charge in [0.05, 0.1) is 0 Å². The molecule has 1 amide bonds. The molecule has 2 heterocycles. The number of piperidine rings is 1. The Hall–Kier alpha value is -2.12. The van der Waals surface area contributed by atoms with E-state index in [1.165, 1.54) is 16.6 Å². The number of rotatable bonds is 4. The Morgan fingerprint density at radius 2 is 1.72 bits per heavy atom. The lowest BCUT2D eigenvalue weighted by Crippen LogP contribution is -2.35. The zero-order chi connectivity index (χ0) is 18.0. The van der Waals surface area contributed by atoms with Gasteiger partial charge in [-0.1, -0.05) is 24.1 Å². The van der Waals surface area contributed by atoms with Crippen molar-refractivity contribution in [2.24, 2.45) is 7.05 Å². The number of amides is 1. The molecule has 2 aromatic rings. The summed E-state index contributed by atoms with van der Waals surface area (Å²) < 4.78 is 28.6. The molecule has 0 spiro atoms. The monoisotopic (exact) mass is 361 g/mol. The Labute approximate surface area is 148 Å². The van der Waals surface area contributed by atoms with Crippen LogP contribution in [0.1, 0.15) is 35.3 Å². The molecule has 1 saturated heterocycles. The molecule has 1 aromatic heterocycles. The third-order valence-corrected chi connectivity index (χ3v) is 6.34. The number of nitrogens with one attached hydrogen (secondary N) is 1. The standard InChI is InChI=1S/C18H23N3O3S/c1-14-6-8-15(9-7-14)19-18(22)17-12-16(13-20(17)2)25(23,24)21-10-4-3-5-11-21/h6-9,12-13H,3-5,10-11H2,1-2H3,(H,19,22). The van der Waals surface area contributed by atoms with Crippen LogP contribution in [-0.4, -0.2) is 36.3 Å². The number of hydrogen-bond donors (Lipinski definition) is 1. The van der Waals surface area contributed by atoms with Gasteiger partial charge in [0.2, 0.25) is 10.0 Å². The predicted molar refractivity (Wildman–Crippen MR) is 97.2 cm³/mol. The molecule has 0 radical (unpaired) electrons. The third-order valence-electron chi connectivity index (χ3n) is 4.47. The minimum absolute atomic E-state index is 0.172. The normalized spacial score (nSPS) is 15.9. The molecule has 134 valence electrons. The highest BCUT2D eigenvalue weighted by Gasteiger charge is 2.28. The lowest BCUT2D eigenvalue weighted by molar-refractivity contribution is 0.101. The van der Waals surface area contributed by atoms with E-state index in [1.807, 2.05) is 31.2 Å². The van der Waals surface area contributed by atoms with Crippen molar-refractivity contribution in [2.45, 2.75) is 31.1 Å². The van der Waals surface area contributed by atoms with Gasteiger partial charge in [-0.15, -0.1) is 0 Å². The number of anilines is 1. The average molecular weight is 361 g/mol. The second-order valence-corrected chi connectivity index (χ2v) is 8.39. The first-order valence-corrected chi connectivity index (χ1v) is 9.86. The summed E-state index contributed by atoms with van der Waals surface area (Å²) in [6.45, 7) is 3.06. The molecule has 0 atom stereocenters. The van der Waals surface area contributed by atoms with Crippen molar-refractivity contribution in [1.82, 2.24) is 8.87 Å².